The van der Waals surface area contributed by atoms with Gasteiger partial charge >= 0.3 is 0 Å². The maximum absolute atomic E-state index is 13.4. The lowest BCUT2D eigenvalue weighted by atomic mass is 9.70. The molecule has 4 heteroatoms. The van der Waals surface area contributed by atoms with Gasteiger partial charge in [-0.2, -0.15) is 0 Å². The summed E-state index contributed by atoms with van der Waals surface area (Å²) in [6, 6.07) is 15.3. The molecule has 2 bridgehead atoms. The van der Waals surface area contributed by atoms with E-state index >= 15 is 0 Å². The Kier molecular flexibility index (Phi) is 3.71. The third kappa shape index (κ3) is 2.43. The highest BCUT2D eigenvalue weighted by molar-refractivity contribution is 5.94. The van der Waals surface area contributed by atoms with Crippen molar-refractivity contribution in [1.82, 2.24) is 9.47 Å². The lowest BCUT2D eigenvalue weighted by molar-refractivity contribution is 0.0563. The van der Waals surface area contributed by atoms with Crippen LogP contribution in [0.5, 0.6) is 0 Å². The van der Waals surface area contributed by atoms with E-state index in [1.807, 2.05) is 24.4 Å². The van der Waals surface area contributed by atoms with Gasteiger partial charge in [-0.3, -0.25) is 4.79 Å². The Balaban J connectivity index is 1.44. The summed E-state index contributed by atoms with van der Waals surface area (Å²) in [5, 5.41) is 10.3. The molecule has 2 aliphatic heterocycles. The molecule has 26 heavy (non-hydrogen) atoms. The van der Waals surface area contributed by atoms with E-state index in [0.29, 0.717) is 6.04 Å². The fraction of sp³-hybridized carbons (Fsp3) is 0.500. The van der Waals surface area contributed by atoms with Gasteiger partial charge in [-0.25, -0.2) is 0 Å². The molecule has 136 valence electrons. The average molecular weight is 350 g/mol. The van der Waals surface area contributed by atoms with Crippen molar-refractivity contribution in [2.45, 2.75) is 56.7 Å². The van der Waals surface area contributed by atoms with Crippen LogP contribution in [-0.2, 0) is 6.42 Å². The standard InChI is InChI=1S/C22H26N2O2/c25-15-22(13-16-5-2-1-3-6-16)14-18-10-11-20(22)24(18)21(26)19-7-4-12-23(19)17-8-9-17/h1-7,12,17-18,20,25H,8-11,13-15H2/t18-,20+,22-/m0/s1. The van der Waals surface area contributed by atoms with Crippen molar-refractivity contribution in [3.8, 4) is 0 Å². The second-order valence-electron chi connectivity index (χ2n) is 8.38. The van der Waals surface area contributed by atoms with E-state index in [2.05, 4.69) is 33.7 Å². The number of hydrogen-bond acceptors (Lipinski definition) is 2. The molecule has 3 aliphatic rings. The largest absolute Gasteiger partial charge is 0.396 e. The van der Waals surface area contributed by atoms with Gasteiger partial charge in [-0.1, -0.05) is 30.3 Å². The van der Waals surface area contributed by atoms with Crippen molar-refractivity contribution in [3.63, 3.8) is 0 Å². The van der Waals surface area contributed by atoms with E-state index in [9.17, 15) is 9.90 Å². The molecule has 2 aromatic rings. The van der Waals surface area contributed by atoms with Crippen LogP contribution in [0.3, 0.4) is 0 Å². The van der Waals surface area contributed by atoms with Crippen molar-refractivity contribution in [2.24, 2.45) is 5.41 Å². The maximum atomic E-state index is 13.4. The lowest BCUT2D eigenvalue weighted by Gasteiger charge is -2.36. The van der Waals surface area contributed by atoms with E-state index in [0.717, 1.165) is 31.4 Å². The zero-order chi connectivity index (χ0) is 17.7. The molecule has 0 unspecified atom stereocenters. The summed E-state index contributed by atoms with van der Waals surface area (Å²) in [6.07, 6.45) is 8.24. The minimum absolute atomic E-state index is 0.146. The van der Waals surface area contributed by atoms with Crippen molar-refractivity contribution in [1.29, 1.82) is 0 Å². The van der Waals surface area contributed by atoms with Gasteiger partial charge in [0.2, 0.25) is 0 Å². The predicted octanol–water partition coefficient (Wildman–Crippen LogP) is 3.42. The first kappa shape index (κ1) is 16.1. The van der Waals surface area contributed by atoms with Gasteiger partial charge in [0.05, 0.1) is 6.61 Å². The molecule has 0 radical (unpaired) electrons. The van der Waals surface area contributed by atoms with Crippen molar-refractivity contribution < 1.29 is 9.90 Å². The predicted molar refractivity (Wildman–Crippen MR) is 100.0 cm³/mol. The molecule has 4 nitrogen and oxygen atoms in total. The molecule has 5 rings (SSSR count). The molecule has 3 atom stereocenters. The van der Waals surface area contributed by atoms with Crippen LogP contribution in [0.15, 0.2) is 48.7 Å². The summed E-state index contributed by atoms with van der Waals surface area (Å²) in [7, 11) is 0. The molecule has 1 saturated carbocycles. The van der Waals surface area contributed by atoms with Crippen LogP contribution in [0.1, 0.15) is 54.2 Å². The summed E-state index contributed by atoms with van der Waals surface area (Å²) in [5.41, 5.74) is 1.89. The minimum Gasteiger partial charge on any atom is -0.396 e. The first-order valence-electron chi connectivity index (χ1n) is 9.86. The fourth-order valence-corrected chi connectivity index (χ4v) is 5.39. The number of rotatable bonds is 5. The van der Waals surface area contributed by atoms with Gasteiger partial charge in [0, 0.05) is 29.7 Å². The zero-order valence-corrected chi connectivity index (χ0v) is 15.1. The number of aliphatic hydroxyl groups is 1. The number of benzene rings is 1. The molecule has 1 aliphatic carbocycles. The van der Waals surface area contributed by atoms with Crippen LogP contribution in [0.4, 0.5) is 0 Å². The third-order valence-electron chi connectivity index (χ3n) is 6.74. The SMILES string of the molecule is O=C(c1cccn1C1CC1)N1[C@H]2CC[C@@H]1[C@@](CO)(Cc1ccccc1)C2. The molecule has 1 amide bonds. The van der Waals surface area contributed by atoms with Crippen molar-refractivity contribution in [3.05, 3.63) is 59.9 Å². The zero-order valence-electron chi connectivity index (χ0n) is 15.1. The number of fused-ring (bicyclic) bond motifs is 2. The molecule has 1 aromatic carbocycles. The minimum atomic E-state index is -0.197. The van der Waals surface area contributed by atoms with E-state index in [-0.39, 0.29) is 30.0 Å². The quantitative estimate of drug-likeness (QED) is 0.898. The van der Waals surface area contributed by atoms with Crippen molar-refractivity contribution in [2.75, 3.05) is 6.61 Å². The highest BCUT2D eigenvalue weighted by Gasteiger charge is 2.57. The fourth-order valence-electron chi connectivity index (χ4n) is 5.39. The molecular formula is C22H26N2O2. The summed E-state index contributed by atoms with van der Waals surface area (Å²) in [4.78, 5) is 15.5. The highest BCUT2D eigenvalue weighted by atomic mass is 16.3. The Morgan fingerprint density at radius 1 is 1.04 bits per heavy atom. The van der Waals surface area contributed by atoms with Crippen LogP contribution in [0.25, 0.3) is 0 Å². The number of amides is 1. The molecule has 3 fully saturated rings. The molecule has 1 aromatic heterocycles. The Morgan fingerprint density at radius 3 is 2.54 bits per heavy atom. The van der Waals surface area contributed by atoms with Gasteiger partial charge in [0.15, 0.2) is 0 Å². The maximum Gasteiger partial charge on any atom is 0.271 e. The normalized spacial score (nSPS) is 30.1. The first-order chi connectivity index (χ1) is 12.7. The molecule has 0 spiro atoms. The summed E-state index contributed by atoms with van der Waals surface area (Å²) < 4.78 is 2.16. The Bertz CT molecular complexity index is 811. The average Bonchev–Trinajstić information content (AvgIpc) is 3.14. The lowest BCUT2D eigenvalue weighted by Crippen LogP contribution is -2.44. The van der Waals surface area contributed by atoms with E-state index in [1.54, 1.807) is 0 Å². The molecule has 3 heterocycles. The van der Waals surface area contributed by atoms with E-state index in [1.165, 1.54) is 18.4 Å². The smallest absolute Gasteiger partial charge is 0.271 e. The number of carbonyl (C=O) groups is 1. The second-order valence-corrected chi connectivity index (χ2v) is 8.38. The third-order valence-corrected chi connectivity index (χ3v) is 6.74. The van der Waals surface area contributed by atoms with Crippen LogP contribution < -0.4 is 0 Å². The highest BCUT2D eigenvalue weighted by Crippen LogP contribution is 2.52. The van der Waals surface area contributed by atoms with Gasteiger partial charge in [-0.05, 0) is 56.2 Å². The van der Waals surface area contributed by atoms with Crippen LogP contribution >= 0.6 is 0 Å². The first-order valence-corrected chi connectivity index (χ1v) is 9.86. The number of aromatic nitrogens is 1. The Morgan fingerprint density at radius 2 is 1.81 bits per heavy atom. The molecule has 1 N–H and O–H groups in total. The van der Waals surface area contributed by atoms with Gasteiger partial charge in [0.1, 0.15) is 5.69 Å². The number of nitrogens with zero attached hydrogens (tertiary/aromatic N) is 2. The van der Waals surface area contributed by atoms with Gasteiger partial charge < -0.3 is 14.6 Å². The Hall–Kier alpha value is -2.07. The van der Waals surface area contributed by atoms with Crippen LogP contribution in [0.2, 0.25) is 0 Å². The van der Waals surface area contributed by atoms with Crippen LogP contribution in [-0.4, -0.2) is 39.2 Å². The monoisotopic (exact) mass is 350 g/mol. The van der Waals surface area contributed by atoms with Crippen molar-refractivity contribution >= 4 is 5.91 Å². The number of hydrogen-bond donors (Lipinski definition) is 1. The van der Waals surface area contributed by atoms with Crippen LogP contribution in [0, 0.1) is 5.41 Å². The van der Waals surface area contributed by atoms with Gasteiger partial charge in [-0.15, -0.1) is 0 Å². The van der Waals surface area contributed by atoms with E-state index in [4.69, 9.17) is 0 Å². The summed E-state index contributed by atoms with van der Waals surface area (Å²) in [5.74, 6) is 0.165. The molecular weight excluding hydrogens is 324 g/mol. The van der Waals surface area contributed by atoms with E-state index < -0.39 is 0 Å². The number of carbonyl (C=O) groups excluding carboxylic acids is 1. The summed E-state index contributed by atoms with van der Waals surface area (Å²) >= 11 is 0. The number of aliphatic hydroxyl groups excluding tert-OH is 1. The second kappa shape index (κ2) is 5.98. The summed E-state index contributed by atoms with van der Waals surface area (Å²) in [6.45, 7) is 0.149. The van der Waals surface area contributed by atoms with Gasteiger partial charge in [0.25, 0.3) is 5.91 Å². The Labute approximate surface area is 154 Å². The molecule has 2 saturated heterocycles. The topological polar surface area (TPSA) is 45.5 Å².